The monoisotopic (exact) mass is 396 g/mol. The molecular formula is C14H18F2N2O5S2. The molecule has 0 spiro atoms. The van der Waals surface area contributed by atoms with Gasteiger partial charge in [0.2, 0.25) is 15.9 Å². The number of benzene rings is 1. The second-order valence-corrected chi connectivity index (χ2v) is 10.0. The van der Waals surface area contributed by atoms with Crippen LogP contribution in [0.15, 0.2) is 18.2 Å². The van der Waals surface area contributed by atoms with Crippen molar-refractivity contribution in [2.45, 2.75) is 18.9 Å². The molecule has 1 atom stereocenters. The van der Waals surface area contributed by atoms with E-state index in [0.717, 1.165) is 22.7 Å². The fraction of sp³-hybridized carbons (Fsp3) is 0.500. The average Bonchev–Trinajstić information content (AvgIpc) is 2.81. The zero-order valence-corrected chi connectivity index (χ0v) is 15.0. The number of carbonyl (C=O) groups excluding carboxylic acids is 1. The van der Waals surface area contributed by atoms with E-state index in [1.54, 1.807) is 0 Å². The number of rotatable bonds is 6. The van der Waals surface area contributed by atoms with Crippen LogP contribution in [0.25, 0.3) is 0 Å². The van der Waals surface area contributed by atoms with E-state index in [0.29, 0.717) is 0 Å². The van der Waals surface area contributed by atoms with Crippen molar-refractivity contribution in [2.75, 3.05) is 29.6 Å². The quantitative estimate of drug-likeness (QED) is 0.765. The van der Waals surface area contributed by atoms with Crippen LogP contribution in [0.3, 0.4) is 0 Å². The molecule has 1 aliphatic heterocycles. The molecule has 11 heteroatoms. The molecule has 0 bridgehead atoms. The Labute approximate surface area is 145 Å². The van der Waals surface area contributed by atoms with Gasteiger partial charge in [0.15, 0.2) is 21.5 Å². The molecule has 1 aromatic carbocycles. The molecule has 0 saturated carbocycles. The molecule has 1 N–H and O–H groups in total. The Morgan fingerprint density at radius 1 is 1.32 bits per heavy atom. The Bertz CT molecular complexity index is 871. The van der Waals surface area contributed by atoms with Gasteiger partial charge in [-0.25, -0.2) is 25.6 Å². The number of hydrogen-bond acceptors (Lipinski definition) is 5. The van der Waals surface area contributed by atoms with Gasteiger partial charge in [-0.3, -0.25) is 4.79 Å². The van der Waals surface area contributed by atoms with Crippen molar-refractivity contribution in [3.63, 3.8) is 0 Å². The minimum Gasteiger partial charge on any atom is -0.326 e. The minimum absolute atomic E-state index is 0.0400. The molecule has 2 rings (SSSR count). The Balaban J connectivity index is 2.00. The lowest BCUT2D eigenvalue weighted by Crippen LogP contribution is -2.42. The first kappa shape index (κ1) is 19.7. The van der Waals surface area contributed by atoms with Crippen molar-refractivity contribution in [3.8, 4) is 0 Å². The Morgan fingerprint density at radius 2 is 2.00 bits per heavy atom. The van der Waals surface area contributed by atoms with Gasteiger partial charge in [-0.15, -0.1) is 0 Å². The summed E-state index contributed by atoms with van der Waals surface area (Å²) in [4.78, 5) is 11.9. The van der Waals surface area contributed by atoms with Crippen LogP contribution in [0.2, 0.25) is 0 Å². The van der Waals surface area contributed by atoms with E-state index in [1.165, 1.54) is 6.07 Å². The molecule has 0 aromatic heterocycles. The fourth-order valence-corrected chi connectivity index (χ4v) is 5.60. The maximum atomic E-state index is 13.1. The predicted octanol–water partition coefficient (Wildman–Crippen LogP) is 0.742. The summed E-state index contributed by atoms with van der Waals surface area (Å²) in [5.74, 6) is -3.13. The number of nitrogens with zero attached hydrogens (tertiary/aromatic N) is 1. The summed E-state index contributed by atoms with van der Waals surface area (Å²) in [5.41, 5.74) is 0.0400. The van der Waals surface area contributed by atoms with Gasteiger partial charge in [0.05, 0.1) is 17.8 Å². The number of nitrogens with one attached hydrogen (secondary N) is 1. The van der Waals surface area contributed by atoms with E-state index in [4.69, 9.17) is 0 Å². The summed E-state index contributed by atoms with van der Waals surface area (Å²) in [6.45, 7) is -0.200. The molecule has 1 heterocycles. The molecular weight excluding hydrogens is 378 g/mol. The molecule has 0 radical (unpaired) electrons. The van der Waals surface area contributed by atoms with Crippen LogP contribution in [0.5, 0.6) is 0 Å². The Morgan fingerprint density at radius 3 is 2.52 bits per heavy atom. The van der Waals surface area contributed by atoms with E-state index in [-0.39, 0.29) is 36.6 Å². The van der Waals surface area contributed by atoms with Gasteiger partial charge in [0, 0.05) is 30.8 Å². The number of anilines is 1. The molecule has 1 aromatic rings. The van der Waals surface area contributed by atoms with Crippen LogP contribution < -0.4 is 5.32 Å². The van der Waals surface area contributed by atoms with Crippen molar-refractivity contribution in [1.29, 1.82) is 0 Å². The fourth-order valence-electron chi connectivity index (χ4n) is 2.63. The van der Waals surface area contributed by atoms with Crippen molar-refractivity contribution in [3.05, 3.63) is 29.8 Å². The third-order valence-electron chi connectivity index (χ3n) is 3.80. The van der Waals surface area contributed by atoms with Crippen molar-refractivity contribution < 1.29 is 30.4 Å². The number of sulfone groups is 1. The molecule has 1 fully saturated rings. The van der Waals surface area contributed by atoms with E-state index in [1.807, 2.05) is 0 Å². The highest BCUT2D eigenvalue weighted by atomic mass is 32.2. The molecule has 1 amide bonds. The van der Waals surface area contributed by atoms with Crippen LogP contribution in [-0.4, -0.2) is 57.4 Å². The minimum atomic E-state index is -3.70. The standard InChI is InChI=1S/C14H18F2N2O5S2/c1-24(20,21)18(11-5-7-25(22,23)9-11)6-4-14(19)17-10-2-3-12(15)13(16)8-10/h2-3,8,11H,4-7,9H2,1H3,(H,17,19). The third-order valence-corrected chi connectivity index (χ3v) is 6.89. The number of amides is 1. The SMILES string of the molecule is CS(=O)(=O)N(CCC(=O)Nc1ccc(F)c(F)c1)C1CCS(=O)(=O)C1. The first-order chi connectivity index (χ1) is 11.5. The molecule has 1 unspecified atom stereocenters. The van der Waals surface area contributed by atoms with Gasteiger partial charge in [0.1, 0.15) is 0 Å². The topological polar surface area (TPSA) is 101 Å². The third kappa shape index (κ3) is 5.44. The van der Waals surface area contributed by atoms with Crippen molar-refractivity contribution in [1.82, 2.24) is 4.31 Å². The number of halogens is 2. The van der Waals surface area contributed by atoms with Gasteiger partial charge < -0.3 is 5.32 Å². The zero-order valence-electron chi connectivity index (χ0n) is 13.4. The van der Waals surface area contributed by atoms with E-state index in [2.05, 4.69) is 5.32 Å². The molecule has 140 valence electrons. The second-order valence-electron chi connectivity index (χ2n) is 5.86. The molecule has 25 heavy (non-hydrogen) atoms. The zero-order chi connectivity index (χ0) is 18.8. The largest absolute Gasteiger partial charge is 0.326 e. The van der Waals surface area contributed by atoms with Crippen LogP contribution >= 0.6 is 0 Å². The highest BCUT2D eigenvalue weighted by molar-refractivity contribution is 7.92. The molecule has 1 saturated heterocycles. The normalized spacial score (nSPS) is 19.9. The van der Waals surface area contributed by atoms with E-state index < -0.39 is 43.4 Å². The molecule has 0 aliphatic carbocycles. The highest BCUT2D eigenvalue weighted by Gasteiger charge is 2.36. The van der Waals surface area contributed by atoms with E-state index in [9.17, 15) is 30.4 Å². The van der Waals surface area contributed by atoms with Gasteiger partial charge in [-0.05, 0) is 18.6 Å². The van der Waals surface area contributed by atoms with E-state index >= 15 is 0 Å². The first-order valence-corrected chi connectivity index (χ1v) is 11.1. The molecule has 7 nitrogen and oxygen atoms in total. The maximum absolute atomic E-state index is 13.1. The van der Waals surface area contributed by atoms with Crippen LogP contribution in [0, 0.1) is 11.6 Å². The lowest BCUT2D eigenvalue weighted by molar-refractivity contribution is -0.116. The van der Waals surface area contributed by atoms with Crippen LogP contribution in [0.1, 0.15) is 12.8 Å². The Kier molecular flexibility index (Phi) is 5.79. The first-order valence-electron chi connectivity index (χ1n) is 7.40. The summed E-state index contributed by atoms with van der Waals surface area (Å²) < 4.78 is 73.8. The number of carbonyl (C=O) groups is 1. The van der Waals surface area contributed by atoms with Crippen molar-refractivity contribution in [2.24, 2.45) is 0 Å². The summed E-state index contributed by atoms with van der Waals surface area (Å²) in [5, 5.41) is 2.34. The maximum Gasteiger partial charge on any atom is 0.225 e. The average molecular weight is 396 g/mol. The summed E-state index contributed by atoms with van der Waals surface area (Å²) in [6.07, 6.45) is 0.883. The second kappa shape index (κ2) is 7.34. The van der Waals surface area contributed by atoms with Crippen molar-refractivity contribution >= 4 is 31.5 Å². The van der Waals surface area contributed by atoms with Crippen LogP contribution in [-0.2, 0) is 24.7 Å². The summed E-state index contributed by atoms with van der Waals surface area (Å²) >= 11 is 0. The van der Waals surface area contributed by atoms with Gasteiger partial charge >= 0.3 is 0 Å². The smallest absolute Gasteiger partial charge is 0.225 e. The van der Waals surface area contributed by atoms with Crippen LogP contribution in [0.4, 0.5) is 14.5 Å². The molecule has 1 aliphatic rings. The number of hydrogen-bond donors (Lipinski definition) is 1. The Hall–Kier alpha value is -1.59. The number of sulfonamides is 1. The lowest BCUT2D eigenvalue weighted by Gasteiger charge is -2.25. The predicted molar refractivity (Wildman–Crippen MR) is 88.2 cm³/mol. The highest BCUT2D eigenvalue weighted by Crippen LogP contribution is 2.21. The van der Waals surface area contributed by atoms with Gasteiger partial charge in [0.25, 0.3) is 0 Å². The summed E-state index contributed by atoms with van der Waals surface area (Å²) in [7, 11) is -6.98. The van der Waals surface area contributed by atoms with Gasteiger partial charge in [-0.1, -0.05) is 0 Å². The van der Waals surface area contributed by atoms with Gasteiger partial charge in [-0.2, -0.15) is 4.31 Å². The lowest BCUT2D eigenvalue weighted by atomic mass is 10.2. The summed E-state index contributed by atoms with van der Waals surface area (Å²) in [6, 6.07) is 2.15.